The fourth-order valence-electron chi connectivity index (χ4n) is 3.49. The first-order chi connectivity index (χ1) is 11.8. The number of fused-ring (bicyclic) bond motifs is 1. The Labute approximate surface area is 142 Å². The van der Waals surface area contributed by atoms with E-state index in [9.17, 15) is 0 Å². The van der Waals surface area contributed by atoms with Gasteiger partial charge in [-0.15, -0.1) is 0 Å². The van der Waals surface area contributed by atoms with E-state index in [4.69, 9.17) is 4.74 Å². The van der Waals surface area contributed by atoms with Crippen LogP contribution in [0.25, 0.3) is 10.9 Å². The van der Waals surface area contributed by atoms with Crippen molar-refractivity contribution in [2.75, 3.05) is 38.2 Å². The largest absolute Gasteiger partial charge is 0.497 e. The van der Waals surface area contributed by atoms with Crippen molar-refractivity contribution in [1.29, 1.82) is 0 Å². The summed E-state index contributed by atoms with van der Waals surface area (Å²) >= 11 is 0. The van der Waals surface area contributed by atoms with E-state index in [-0.39, 0.29) is 0 Å². The molecule has 4 rings (SSSR count). The quantitative estimate of drug-likeness (QED) is 0.798. The molecule has 124 valence electrons. The lowest BCUT2D eigenvalue weighted by atomic mass is 10.1. The molecule has 0 spiro atoms. The molecule has 1 fully saturated rings. The number of methoxy groups -OCH3 is 1. The second-order valence-electron chi connectivity index (χ2n) is 6.33. The molecular weight excluding hydrogens is 298 g/mol. The molecule has 2 aromatic carbocycles. The van der Waals surface area contributed by atoms with Gasteiger partial charge in [0.15, 0.2) is 0 Å². The molecule has 24 heavy (non-hydrogen) atoms. The number of ether oxygens (including phenoxy) is 1. The van der Waals surface area contributed by atoms with Gasteiger partial charge in [0.25, 0.3) is 0 Å². The van der Waals surface area contributed by atoms with Crippen molar-refractivity contribution in [3.05, 3.63) is 60.3 Å². The SMILES string of the molecule is COc1cc(N2CCN(Cc3ccccc3)CC2)c2cc[nH]c2c1. The molecule has 1 saturated heterocycles. The van der Waals surface area contributed by atoms with E-state index in [0.29, 0.717) is 0 Å². The smallest absolute Gasteiger partial charge is 0.123 e. The predicted octanol–water partition coefficient (Wildman–Crippen LogP) is 3.50. The van der Waals surface area contributed by atoms with Crippen molar-refractivity contribution in [2.24, 2.45) is 0 Å². The zero-order chi connectivity index (χ0) is 16.4. The number of hydrogen-bond donors (Lipinski definition) is 1. The number of H-pyrrole nitrogens is 1. The van der Waals surface area contributed by atoms with Gasteiger partial charge < -0.3 is 14.6 Å². The van der Waals surface area contributed by atoms with E-state index in [2.05, 4.69) is 63.3 Å². The minimum Gasteiger partial charge on any atom is -0.497 e. The molecule has 0 saturated carbocycles. The molecule has 0 unspecified atom stereocenters. The summed E-state index contributed by atoms with van der Waals surface area (Å²) in [5.41, 5.74) is 3.79. The third-order valence-electron chi connectivity index (χ3n) is 4.82. The molecule has 0 aliphatic carbocycles. The molecule has 0 atom stereocenters. The van der Waals surface area contributed by atoms with Gasteiger partial charge in [-0.25, -0.2) is 0 Å². The van der Waals surface area contributed by atoms with Crippen LogP contribution in [-0.4, -0.2) is 43.2 Å². The lowest BCUT2D eigenvalue weighted by molar-refractivity contribution is 0.250. The van der Waals surface area contributed by atoms with Gasteiger partial charge >= 0.3 is 0 Å². The number of nitrogens with one attached hydrogen (secondary N) is 1. The fourth-order valence-corrected chi connectivity index (χ4v) is 3.49. The highest BCUT2D eigenvalue weighted by molar-refractivity contribution is 5.94. The second-order valence-corrected chi connectivity index (χ2v) is 6.33. The summed E-state index contributed by atoms with van der Waals surface area (Å²) in [5, 5.41) is 1.27. The molecule has 3 aromatic rings. The van der Waals surface area contributed by atoms with E-state index < -0.39 is 0 Å². The normalized spacial score (nSPS) is 15.8. The summed E-state index contributed by atoms with van der Waals surface area (Å²) < 4.78 is 5.47. The van der Waals surface area contributed by atoms with Gasteiger partial charge in [0.05, 0.1) is 12.6 Å². The van der Waals surface area contributed by atoms with Crippen LogP contribution in [0.2, 0.25) is 0 Å². The Hall–Kier alpha value is -2.46. The number of piperazine rings is 1. The molecule has 4 nitrogen and oxygen atoms in total. The number of benzene rings is 2. The third kappa shape index (κ3) is 2.97. The Morgan fingerprint density at radius 2 is 1.79 bits per heavy atom. The molecule has 1 aliphatic rings. The maximum Gasteiger partial charge on any atom is 0.123 e. The van der Waals surface area contributed by atoms with Crippen LogP contribution in [0.5, 0.6) is 5.75 Å². The molecule has 1 N–H and O–H groups in total. The van der Waals surface area contributed by atoms with Crippen molar-refractivity contribution in [1.82, 2.24) is 9.88 Å². The lowest BCUT2D eigenvalue weighted by Crippen LogP contribution is -2.46. The monoisotopic (exact) mass is 321 g/mol. The summed E-state index contributed by atoms with van der Waals surface area (Å²) in [5.74, 6) is 0.909. The van der Waals surface area contributed by atoms with Gasteiger partial charge in [0.2, 0.25) is 0 Å². The zero-order valence-corrected chi connectivity index (χ0v) is 14.0. The Kier molecular flexibility index (Phi) is 4.13. The van der Waals surface area contributed by atoms with Crippen LogP contribution in [0.3, 0.4) is 0 Å². The first kappa shape index (κ1) is 15.1. The highest BCUT2D eigenvalue weighted by Crippen LogP contribution is 2.32. The van der Waals surface area contributed by atoms with E-state index in [1.54, 1.807) is 7.11 Å². The molecule has 2 heterocycles. The van der Waals surface area contributed by atoms with E-state index in [1.807, 2.05) is 6.20 Å². The number of aromatic nitrogens is 1. The van der Waals surface area contributed by atoms with Crippen LogP contribution < -0.4 is 9.64 Å². The minimum atomic E-state index is 0.909. The molecular formula is C20H23N3O. The molecule has 4 heteroatoms. The topological polar surface area (TPSA) is 31.5 Å². The first-order valence-electron chi connectivity index (χ1n) is 8.50. The van der Waals surface area contributed by atoms with Crippen LogP contribution in [0.1, 0.15) is 5.56 Å². The summed E-state index contributed by atoms with van der Waals surface area (Å²) in [7, 11) is 1.73. The van der Waals surface area contributed by atoms with E-state index in [1.165, 1.54) is 16.6 Å². The number of rotatable bonds is 4. The van der Waals surface area contributed by atoms with Crippen molar-refractivity contribution >= 4 is 16.6 Å². The Balaban J connectivity index is 1.49. The van der Waals surface area contributed by atoms with E-state index >= 15 is 0 Å². The second kappa shape index (κ2) is 6.57. The minimum absolute atomic E-state index is 0.909. The van der Waals surface area contributed by atoms with Gasteiger partial charge in [-0.05, 0) is 11.6 Å². The Bertz CT molecular complexity index is 804. The van der Waals surface area contributed by atoms with Gasteiger partial charge in [-0.1, -0.05) is 30.3 Å². The zero-order valence-electron chi connectivity index (χ0n) is 14.0. The molecule has 0 bridgehead atoms. The summed E-state index contributed by atoms with van der Waals surface area (Å²) in [6, 6.07) is 17.1. The predicted molar refractivity (Wildman–Crippen MR) is 98.8 cm³/mol. The first-order valence-corrected chi connectivity index (χ1v) is 8.50. The molecule has 0 radical (unpaired) electrons. The summed E-state index contributed by atoms with van der Waals surface area (Å²) in [6.07, 6.45) is 2.00. The third-order valence-corrected chi connectivity index (χ3v) is 4.82. The van der Waals surface area contributed by atoms with E-state index in [0.717, 1.165) is 44.0 Å². The van der Waals surface area contributed by atoms with Crippen molar-refractivity contribution in [3.63, 3.8) is 0 Å². The van der Waals surface area contributed by atoms with Crippen LogP contribution in [-0.2, 0) is 6.54 Å². The number of nitrogens with zero attached hydrogens (tertiary/aromatic N) is 2. The van der Waals surface area contributed by atoms with Crippen molar-refractivity contribution in [3.8, 4) is 5.75 Å². The van der Waals surface area contributed by atoms with Gasteiger partial charge in [0.1, 0.15) is 5.75 Å². The number of anilines is 1. The van der Waals surface area contributed by atoms with Gasteiger partial charge in [-0.3, -0.25) is 4.90 Å². The molecule has 0 amide bonds. The van der Waals surface area contributed by atoms with Crippen LogP contribution >= 0.6 is 0 Å². The number of aromatic amines is 1. The highest BCUT2D eigenvalue weighted by atomic mass is 16.5. The lowest BCUT2D eigenvalue weighted by Gasteiger charge is -2.36. The van der Waals surface area contributed by atoms with Crippen LogP contribution in [0, 0.1) is 0 Å². The average Bonchev–Trinajstić information content (AvgIpc) is 3.11. The highest BCUT2D eigenvalue weighted by Gasteiger charge is 2.19. The van der Waals surface area contributed by atoms with Crippen molar-refractivity contribution in [2.45, 2.75) is 6.54 Å². The van der Waals surface area contributed by atoms with Crippen LogP contribution in [0.15, 0.2) is 54.7 Å². The summed E-state index contributed by atoms with van der Waals surface area (Å²) in [6.45, 7) is 5.28. The average molecular weight is 321 g/mol. The standard InChI is InChI=1S/C20H23N3O/c1-24-17-13-19-18(7-8-21-19)20(14-17)23-11-9-22(10-12-23)15-16-5-3-2-4-6-16/h2-8,13-14,21H,9-12,15H2,1H3. The maximum atomic E-state index is 5.47. The molecule has 1 aliphatic heterocycles. The number of hydrogen-bond acceptors (Lipinski definition) is 3. The van der Waals surface area contributed by atoms with Gasteiger partial charge in [0, 0.05) is 62.1 Å². The Morgan fingerprint density at radius 3 is 2.54 bits per heavy atom. The summed E-state index contributed by atoms with van der Waals surface area (Å²) in [4.78, 5) is 8.30. The van der Waals surface area contributed by atoms with Crippen molar-refractivity contribution < 1.29 is 4.74 Å². The fraction of sp³-hybridized carbons (Fsp3) is 0.300. The maximum absolute atomic E-state index is 5.47. The Morgan fingerprint density at radius 1 is 1.00 bits per heavy atom. The van der Waals surface area contributed by atoms with Gasteiger partial charge in [-0.2, -0.15) is 0 Å². The molecule has 1 aromatic heterocycles. The van der Waals surface area contributed by atoms with Crippen LogP contribution in [0.4, 0.5) is 5.69 Å².